The fourth-order valence-electron chi connectivity index (χ4n) is 0.473. The van der Waals surface area contributed by atoms with Crippen molar-refractivity contribution in [3.8, 4) is 0 Å². The number of carbonyl (C=O) groups excluding carboxylic acids is 1. The van der Waals surface area contributed by atoms with Gasteiger partial charge in [-0.15, -0.1) is 12.4 Å². The number of rotatable bonds is 4. The van der Waals surface area contributed by atoms with Crippen LogP contribution in [0, 0.1) is 0 Å². The molecule has 0 aliphatic rings. The van der Waals surface area contributed by atoms with Crippen molar-refractivity contribution in [2.45, 2.75) is 26.7 Å². The van der Waals surface area contributed by atoms with Crippen molar-refractivity contribution in [3.05, 3.63) is 0 Å². The highest BCUT2D eigenvalue weighted by atomic mass is 35.5. The summed E-state index contributed by atoms with van der Waals surface area (Å²) in [6.07, 6.45) is 1.52. The minimum Gasteiger partial charge on any atom is -0.450 e. The Morgan fingerprint density at radius 3 is 2.45 bits per heavy atom. The van der Waals surface area contributed by atoms with Crippen LogP contribution in [0.2, 0.25) is 0 Å². The molecule has 0 atom stereocenters. The number of alkyl carbamates (subject to hydrolysis) is 1. The number of nitrogens with one attached hydrogen (secondary N) is 1. The van der Waals surface area contributed by atoms with Gasteiger partial charge in [0, 0.05) is 6.54 Å². The molecule has 0 bridgehead atoms. The first kappa shape index (κ1) is 13.2. The normalized spacial score (nSPS) is 8.18. The van der Waals surface area contributed by atoms with Gasteiger partial charge in [-0.3, -0.25) is 0 Å². The fraction of sp³-hybridized carbons (Fsp3) is 0.857. The first-order chi connectivity index (χ1) is 4.81. The summed E-state index contributed by atoms with van der Waals surface area (Å²) < 4.78 is 4.74. The quantitative estimate of drug-likeness (QED) is 0.720. The van der Waals surface area contributed by atoms with Crippen LogP contribution in [0.15, 0.2) is 0 Å². The highest BCUT2D eigenvalue weighted by Crippen LogP contribution is 1.81. The number of hydrogen-bond donors (Lipinski definition) is 1. The van der Waals surface area contributed by atoms with Gasteiger partial charge in [-0.05, 0) is 12.8 Å². The maximum absolute atomic E-state index is 10.6. The second-order valence-electron chi connectivity index (χ2n) is 2.06. The largest absolute Gasteiger partial charge is 0.450 e. The summed E-state index contributed by atoms with van der Waals surface area (Å²) in [5, 5.41) is 2.61. The van der Waals surface area contributed by atoms with Crippen LogP contribution in [0.5, 0.6) is 0 Å². The molecule has 1 N–H and O–H groups in total. The minimum absolute atomic E-state index is 0. The van der Waals surface area contributed by atoms with Gasteiger partial charge in [-0.1, -0.05) is 13.8 Å². The van der Waals surface area contributed by atoms with Crippen LogP contribution < -0.4 is 5.32 Å². The molecule has 0 spiro atoms. The Labute approximate surface area is 73.9 Å². The van der Waals surface area contributed by atoms with Crippen molar-refractivity contribution in [1.29, 1.82) is 0 Å². The number of hydrogen-bond acceptors (Lipinski definition) is 2. The van der Waals surface area contributed by atoms with Gasteiger partial charge in [0.15, 0.2) is 0 Å². The van der Waals surface area contributed by atoms with E-state index in [1.165, 1.54) is 0 Å². The molecule has 0 unspecified atom stereocenters. The van der Waals surface area contributed by atoms with E-state index >= 15 is 0 Å². The summed E-state index contributed by atoms with van der Waals surface area (Å²) >= 11 is 0. The van der Waals surface area contributed by atoms with Gasteiger partial charge < -0.3 is 10.1 Å². The number of halogens is 1. The van der Waals surface area contributed by atoms with Gasteiger partial charge in [0.2, 0.25) is 0 Å². The zero-order valence-electron chi connectivity index (χ0n) is 7.05. The lowest BCUT2D eigenvalue weighted by Crippen LogP contribution is -2.25. The highest BCUT2D eigenvalue weighted by Gasteiger charge is 1.96. The topological polar surface area (TPSA) is 38.3 Å². The Balaban J connectivity index is 0. The standard InChI is InChI=1S/C7H15NO2.ClH/c1-3-5-8-7(9)10-6-4-2;/h3-6H2,1-2H3,(H,8,9);1H. The SMILES string of the molecule is CCCNC(=O)OCCC.Cl. The number of carbonyl (C=O) groups is 1. The zero-order chi connectivity index (χ0) is 7.82. The van der Waals surface area contributed by atoms with Crippen molar-refractivity contribution >= 4 is 18.5 Å². The van der Waals surface area contributed by atoms with Crippen LogP contribution >= 0.6 is 12.4 Å². The molecule has 0 rings (SSSR count). The summed E-state index contributed by atoms with van der Waals surface area (Å²) in [5.74, 6) is 0. The Morgan fingerprint density at radius 2 is 2.00 bits per heavy atom. The summed E-state index contributed by atoms with van der Waals surface area (Å²) in [6, 6.07) is 0. The summed E-state index contributed by atoms with van der Waals surface area (Å²) in [5.41, 5.74) is 0. The lowest BCUT2D eigenvalue weighted by molar-refractivity contribution is 0.146. The molecule has 1 amide bonds. The third-order valence-corrected chi connectivity index (χ3v) is 0.957. The molecule has 4 heteroatoms. The molecule has 0 aliphatic heterocycles. The van der Waals surface area contributed by atoms with Gasteiger partial charge in [-0.25, -0.2) is 4.79 Å². The number of amides is 1. The maximum Gasteiger partial charge on any atom is 0.407 e. The highest BCUT2D eigenvalue weighted by molar-refractivity contribution is 5.85. The van der Waals surface area contributed by atoms with Crippen LogP contribution in [-0.4, -0.2) is 19.2 Å². The molecule has 0 saturated carbocycles. The predicted molar refractivity (Wildman–Crippen MR) is 47.2 cm³/mol. The van der Waals surface area contributed by atoms with Crippen molar-refractivity contribution in [1.82, 2.24) is 5.32 Å². The van der Waals surface area contributed by atoms with E-state index in [-0.39, 0.29) is 18.5 Å². The fourth-order valence-corrected chi connectivity index (χ4v) is 0.473. The smallest absolute Gasteiger partial charge is 0.407 e. The van der Waals surface area contributed by atoms with Crippen LogP contribution in [-0.2, 0) is 4.74 Å². The molecule has 68 valence electrons. The molecule has 0 radical (unpaired) electrons. The van der Waals surface area contributed by atoms with E-state index in [9.17, 15) is 4.79 Å². The maximum atomic E-state index is 10.6. The number of ether oxygens (including phenoxy) is 1. The van der Waals surface area contributed by atoms with Gasteiger partial charge in [0.05, 0.1) is 6.61 Å². The van der Waals surface area contributed by atoms with Gasteiger partial charge in [0.1, 0.15) is 0 Å². The first-order valence-corrected chi connectivity index (χ1v) is 3.71. The third kappa shape index (κ3) is 9.56. The second kappa shape index (κ2) is 9.56. The summed E-state index contributed by atoms with van der Waals surface area (Å²) in [6.45, 7) is 5.17. The monoisotopic (exact) mass is 181 g/mol. The van der Waals surface area contributed by atoms with Crippen LogP contribution in [0.3, 0.4) is 0 Å². The second-order valence-corrected chi connectivity index (χ2v) is 2.06. The molecule has 0 fully saturated rings. The lowest BCUT2D eigenvalue weighted by Gasteiger charge is -2.02. The van der Waals surface area contributed by atoms with Crippen molar-refractivity contribution in [2.24, 2.45) is 0 Å². The zero-order valence-corrected chi connectivity index (χ0v) is 7.87. The Bertz CT molecular complexity index is 88.4. The predicted octanol–water partition coefficient (Wildman–Crippen LogP) is 1.95. The van der Waals surface area contributed by atoms with Crippen molar-refractivity contribution < 1.29 is 9.53 Å². The van der Waals surface area contributed by atoms with Crippen molar-refractivity contribution in [3.63, 3.8) is 0 Å². The van der Waals surface area contributed by atoms with Crippen LogP contribution in [0.25, 0.3) is 0 Å². The first-order valence-electron chi connectivity index (χ1n) is 3.71. The summed E-state index contributed by atoms with van der Waals surface area (Å²) in [4.78, 5) is 10.6. The van der Waals surface area contributed by atoms with Gasteiger partial charge in [-0.2, -0.15) is 0 Å². The Hall–Kier alpha value is -0.440. The third-order valence-electron chi connectivity index (χ3n) is 0.957. The van der Waals surface area contributed by atoms with E-state index in [2.05, 4.69) is 5.32 Å². The molecule has 0 aromatic heterocycles. The molecule has 11 heavy (non-hydrogen) atoms. The lowest BCUT2D eigenvalue weighted by atomic mass is 10.5. The summed E-state index contributed by atoms with van der Waals surface area (Å²) in [7, 11) is 0. The van der Waals surface area contributed by atoms with Crippen LogP contribution in [0.4, 0.5) is 4.79 Å². The Kier molecular flexibility index (Phi) is 11.4. The average Bonchev–Trinajstić information content (AvgIpc) is 1.97. The van der Waals surface area contributed by atoms with E-state index in [0.717, 1.165) is 12.8 Å². The molecule has 0 aromatic rings. The van der Waals surface area contributed by atoms with Gasteiger partial charge >= 0.3 is 6.09 Å². The molecule has 0 aliphatic carbocycles. The van der Waals surface area contributed by atoms with E-state index < -0.39 is 0 Å². The molecular weight excluding hydrogens is 166 g/mol. The van der Waals surface area contributed by atoms with E-state index in [1.807, 2.05) is 13.8 Å². The van der Waals surface area contributed by atoms with E-state index in [1.54, 1.807) is 0 Å². The van der Waals surface area contributed by atoms with Gasteiger partial charge in [0.25, 0.3) is 0 Å². The average molecular weight is 182 g/mol. The molecular formula is C7H16ClNO2. The Morgan fingerprint density at radius 1 is 1.36 bits per heavy atom. The molecule has 0 aromatic carbocycles. The van der Waals surface area contributed by atoms with Crippen molar-refractivity contribution in [2.75, 3.05) is 13.2 Å². The minimum atomic E-state index is -0.302. The molecule has 3 nitrogen and oxygen atoms in total. The van der Waals surface area contributed by atoms with E-state index in [0.29, 0.717) is 13.2 Å². The van der Waals surface area contributed by atoms with Crippen LogP contribution in [0.1, 0.15) is 26.7 Å². The van der Waals surface area contributed by atoms with E-state index in [4.69, 9.17) is 4.74 Å². The molecule has 0 saturated heterocycles. The molecule has 0 heterocycles.